The summed E-state index contributed by atoms with van der Waals surface area (Å²) in [6.45, 7) is 1.31. The van der Waals surface area contributed by atoms with E-state index in [9.17, 15) is 9.59 Å². The Balaban J connectivity index is 3.39. The first kappa shape index (κ1) is 10.2. The molecule has 11 heavy (non-hydrogen) atoms. The number of ether oxygens (including phenoxy) is 1. The van der Waals surface area contributed by atoms with Crippen LogP contribution in [0, 0.1) is 0 Å². The molecule has 64 valence electrons. The molecule has 4 nitrogen and oxygen atoms in total. The number of rotatable bonds is 4. The van der Waals surface area contributed by atoms with Crippen molar-refractivity contribution in [3.8, 4) is 0 Å². The number of alkyl halides is 1. The second kappa shape index (κ2) is 4.96. The molecule has 0 aliphatic heterocycles. The molecule has 1 atom stereocenters. The molecule has 0 radical (unpaired) electrons. The number of esters is 1. The van der Waals surface area contributed by atoms with Crippen molar-refractivity contribution in [3.63, 3.8) is 0 Å². The molecule has 0 aromatic rings. The predicted molar refractivity (Wildman–Crippen MR) is 38.5 cm³/mol. The van der Waals surface area contributed by atoms with Gasteiger partial charge in [0.05, 0.1) is 6.61 Å². The van der Waals surface area contributed by atoms with Gasteiger partial charge < -0.3 is 9.84 Å². The number of carboxylic acid groups (broad SMARTS) is 1. The van der Waals surface area contributed by atoms with E-state index in [1.165, 1.54) is 6.92 Å². The predicted octanol–water partition coefficient (Wildman–Crippen LogP) is 0.632. The average molecular weight is 181 g/mol. The van der Waals surface area contributed by atoms with Crippen LogP contribution in [0.4, 0.5) is 0 Å². The van der Waals surface area contributed by atoms with Gasteiger partial charge in [-0.25, -0.2) is 0 Å². The van der Waals surface area contributed by atoms with E-state index in [-0.39, 0.29) is 13.0 Å². The molecule has 0 aliphatic carbocycles. The number of carboxylic acids is 1. The Morgan fingerprint density at radius 2 is 2.18 bits per heavy atom. The Kier molecular flexibility index (Phi) is 4.61. The third kappa shape index (κ3) is 5.66. The van der Waals surface area contributed by atoms with Crippen LogP contribution in [-0.4, -0.2) is 29.0 Å². The zero-order valence-electron chi connectivity index (χ0n) is 6.04. The Morgan fingerprint density at radius 3 is 2.55 bits per heavy atom. The lowest BCUT2D eigenvalue weighted by atomic mass is 10.3. The maximum atomic E-state index is 10.2. The third-order valence-electron chi connectivity index (χ3n) is 0.945. The molecule has 0 aromatic heterocycles. The molecular formula is C6H9ClO4. The number of halogens is 1. The fourth-order valence-corrected chi connectivity index (χ4v) is 0.519. The van der Waals surface area contributed by atoms with Crippen molar-refractivity contribution < 1.29 is 19.4 Å². The molecule has 0 amide bonds. The van der Waals surface area contributed by atoms with E-state index >= 15 is 0 Å². The highest BCUT2D eigenvalue weighted by molar-refractivity contribution is 6.29. The van der Waals surface area contributed by atoms with E-state index in [1.54, 1.807) is 0 Å². The van der Waals surface area contributed by atoms with Gasteiger partial charge in [0, 0.05) is 13.3 Å². The van der Waals surface area contributed by atoms with Gasteiger partial charge in [0.25, 0.3) is 0 Å². The van der Waals surface area contributed by atoms with Gasteiger partial charge in [-0.05, 0) is 0 Å². The smallest absolute Gasteiger partial charge is 0.321 e. The minimum Gasteiger partial charge on any atom is -0.480 e. The van der Waals surface area contributed by atoms with Crippen molar-refractivity contribution in [2.75, 3.05) is 6.61 Å². The van der Waals surface area contributed by atoms with E-state index in [0.29, 0.717) is 0 Å². The summed E-state index contributed by atoms with van der Waals surface area (Å²) in [6, 6.07) is 0. The van der Waals surface area contributed by atoms with Gasteiger partial charge in [0.1, 0.15) is 5.38 Å². The maximum absolute atomic E-state index is 10.2. The van der Waals surface area contributed by atoms with Crippen LogP contribution >= 0.6 is 11.6 Å². The van der Waals surface area contributed by atoms with E-state index in [2.05, 4.69) is 4.74 Å². The van der Waals surface area contributed by atoms with Crippen LogP contribution in [0.25, 0.3) is 0 Å². The van der Waals surface area contributed by atoms with Crippen LogP contribution in [0.2, 0.25) is 0 Å². The molecule has 1 unspecified atom stereocenters. The Hall–Kier alpha value is -0.770. The summed E-state index contributed by atoms with van der Waals surface area (Å²) in [5.41, 5.74) is 0. The Bertz CT molecular complexity index is 157. The second-order valence-electron chi connectivity index (χ2n) is 1.93. The van der Waals surface area contributed by atoms with Gasteiger partial charge in [-0.3, -0.25) is 9.59 Å². The first-order chi connectivity index (χ1) is 5.04. The Labute approximate surface area is 69.1 Å². The molecule has 0 fully saturated rings. The SMILES string of the molecule is CC(=O)OCCC(Cl)C(=O)O. The summed E-state index contributed by atoms with van der Waals surface area (Å²) in [5.74, 6) is -1.53. The third-order valence-corrected chi connectivity index (χ3v) is 1.35. The lowest BCUT2D eigenvalue weighted by Gasteiger charge is -2.03. The minimum atomic E-state index is -1.10. The molecular weight excluding hydrogens is 172 g/mol. The highest BCUT2D eigenvalue weighted by Crippen LogP contribution is 2.01. The molecule has 0 heterocycles. The molecule has 0 aliphatic rings. The monoisotopic (exact) mass is 180 g/mol. The molecule has 0 spiro atoms. The maximum Gasteiger partial charge on any atom is 0.321 e. The molecule has 0 saturated heterocycles. The van der Waals surface area contributed by atoms with E-state index in [1.807, 2.05) is 0 Å². The van der Waals surface area contributed by atoms with Gasteiger partial charge in [-0.1, -0.05) is 0 Å². The fraction of sp³-hybridized carbons (Fsp3) is 0.667. The quantitative estimate of drug-likeness (QED) is 0.509. The average Bonchev–Trinajstić information content (AvgIpc) is 1.86. The van der Waals surface area contributed by atoms with E-state index in [4.69, 9.17) is 16.7 Å². The van der Waals surface area contributed by atoms with Crippen molar-refractivity contribution in [1.82, 2.24) is 0 Å². The van der Waals surface area contributed by atoms with Crippen LogP contribution in [0.5, 0.6) is 0 Å². The Morgan fingerprint density at radius 1 is 1.64 bits per heavy atom. The van der Waals surface area contributed by atoms with Crippen molar-refractivity contribution in [2.24, 2.45) is 0 Å². The van der Waals surface area contributed by atoms with E-state index < -0.39 is 17.3 Å². The highest BCUT2D eigenvalue weighted by atomic mass is 35.5. The number of carbonyl (C=O) groups excluding carboxylic acids is 1. The summed E-state index contributed by atoms with van der Waals surface area (Å²) in [5, 5.41) is 7.30. The summed E-state index contributed by atoms with van der Waals surface area (Å²) >= 11 is 5.31. The highest BCUT2D eigenvalue weighted by Gasteiger charge is 2.12. The first-order valence-electron chi connectivity index (χ1n) is 3.04. The van der Waals surface area contributed by atoms with Crippen molar-refractivity contribution in [2.45, 2.75) is 18.7 Å². The zero-order chi connectivity index (χ0) is 8.85. The lowest BCUT2D eigenvalue weighted by Crippen LogP contribution is -2.16. The van der Waals surface area contributed by atoms with Gasteiger partial charge in [-0.15, -0.1) is 11.6 Å². The van der Waals surface area contributed by atoms with Crippen molar-refractivity contribution >= 4 is 23.5 Å². The lowest BCUT2D eigenvalue weighted by molar-refractivity contribution is -0.143. The molecule has 5 heteroatoms. The van der Waals surface area contributed by atoms with Crippen LogP contribution in [-0.2, 0) is 14.3 Å². The molecule has 0 saturated carbocycles. The van der Waals surface area contributed by atoms with Gasteiger partial charge >= 0.3 is 11.9 Å². The number of aliphatic carboxylic acids is 1. The molecule has 0 aromatic carbocycles. The first-order valence-corrected chi connectivity index (χ1v) is 3.48. The standard InChI is InChI=1S/C6H9ClO4/c1-4(8)11-3-2-5(7)6(9)10/h5H,2-3H2,1H3,(H,9,10). The molecule has 0 rings (SSSR count). The zero-order valence-corrected chi connectivity index (χ0v) is 6.80. The summed E-state index contributed by atoms with van der Waals surface area (Å²) in [7, 11) is 0. The van der Waals surface area contributed by atoms with Crippen molar-refractivity contribution in [1.29, 1.82) is 0 Å². The van der Waals surface area contributed by atoms with Crippen molar-refractivity contribution in [3.05, 3.63) is 0 Å². The summed E-state index contributed by atoms with van der Waals surface area (Å²) in [4.78, 5) is 20.3. The fourth-order valence-electron chi connectivity index (χ4n) is 0.430. The summed E-state index contributed by atoms with van der Waals surface area (Å²) in [6.07, 6.45) is 0.135. The van der Waals surface area contributed by atoms with Gasteiger partial charge in [0.2, 0.25) is 0 Å². The largest absolute Gasteiger partial charge is 0.480 e. The number of carbonyl (C=O) groups is 2. The van der Waals surface area contributed by atoms with Gasteiger partial charge in [-0.2, -0.15) is 0 Å². The van der Waals surface area contributed by atoms with Crippen LogP contribution in [0.1, 0.15) is 13.3 Å². The van der Waals surface area contributed by atoms with E-state index in [0.717, 1.165) is 0 Å². The molecule has 0 bridgehead atoms. The minimum absolute atomic E-state index is 0.0514. The number of hydrogen-bond acceptors (Lipinski definition) is 3. The second-order valence-corrected chi connectivity index (χ2v) is 2.46. The van der Waals surface area contributed by atoms with Gasteiger partial charge in [0.15, 0.2) is 0 Å². The van der Waals surface area contributed by atoms with Crippen LogP contribution in [0.15, 0.2) is 0 Å². The topological polar surface area (TPSA) is 63.6 Å². The molecule has 1 N–H and O–H groups in total. The normalized spacial score (nSPS) is 12.2. The number of hydrogen-bond donors (Lipinski definition) is 1. The van der Waals surface area contributed by atoms with Crippen LogP contribution < -0.4 is 0 Å². The van der Waals surface area contributed by atoms with Crippen LogP contribution in [0.3, 0.4) is 0 Å². The summed E-state index contributed by atoms with van der Waals surface area (Å²) < 4.78 is 4.48.